The molecule has 20 heavy (non-hydrogen) atoms. The van der Waals surface area contributed by atoms with Gasteiger partial charge in [0.05, 0.1) is 12.2 Å². The number of nitrogens with two attached hydrogens (primary N) is 1. The maximum absolute atomic E-state index is 9.07. The molecule has 0 amide bonds. The lowest BCUT2D eigenvalue weighted by molar-refractivity contribution is 0.692. The molecule has 3 rings (SSSR count). The van der Waals surface area contributed by atoms with Gasteiger partial charge >= 0.3 is 0 Å². The molecule has 2 aromatic carbocycles. The quantitative estimate of drug-likeness (QED) is 0.772. The molecule has 4 heteroatoms. The van der Waals surface area contributed by atoms with Crippen molar-refractivity contribution in [3.05, 3.63) is 59.3 Å². The lowest BCUT2D eigenvalue weighted by atomic mass is 10.0. The van der Waals surface area contributed by atoms with Gasteiger partial charge in [0.15, 0.2) is 0 Å². The molecule has 3 aromatic rings. The predicted molar refractivity (Wildman–Crippen MR) is 79.1 cm³/mol. The molecule has 4 nitrogen and oxygen atoms in total. The molecule has 0 saturated heterocycles. The van der Waals surface area contributed by atoms with Crippen LogP contribution in [0.25, 0.3) is 10.8 Å². The van der Waals surface area contributed by atoms with Crippen molar-refractivity contribution in [1.82, 2.24) is 9.78 Å². The first-order chi connectivity index (χ1) is 9.70. The number of aryl methyl sites for hydroxylation is 1. The summed E-state index contributed by atoms with van der Waals surface area (Å²) in [7, 11) is 0. The van der Waals surface area contributed by atoms with E-state index in [-0.39, 0.29) is 0 Å². The predicted octanol–water partition coefficient (Wildman–Crippen LogP) is 2.85. The summed E-state index contributed by atoms with van der Waals surface area (Å²) in [6.45, 7) is 2.37. The van der Waals surface area contributed by atoms with Crippen LogP contribution in [-0.2, 0) is 6.54 Å². The van der Waals surface area contributed by atoms with Gasteiger partial charge in [-0.2, -0.15) is 10.4 Å². The van der Waals surface area contributed by atoms with Gasteiger partial charge in [-0.15, -0.1) is 0 Å². The molecule has 0 unspecified atom stereocenters. The number of fused-ring (bicyclic) bond motifs is 1. The highest BCUT2D eigenvalue weighted by Crippen LogP contribution is 2.22. The Balaban J connectivity index is 2.09. The van der Waals surface area contributed by atoms with E-state index in [0.29, 0.717) is 23.6 Å². The van der Waals surface area contributed by atoms with Crippen molar-refractivity contribution in [3.63, 3.8) is 0 Å². The van der Waals surface area contributed by atoms with Gasteiger partial charge in [-0.05, 0) is 23.3 Å². The number of hydrogen-bond donors (Lipinski definition) is 1. The molecule has 0 bridgehead atoms. The Morgan fingerprint density at radius 1 is 1.20 bits per heavy atom. The summed E-state index contributed by atoms with van der Waals surface area (Å²) in [4.78, 5) is 0. The van der Waals surface area contributed by atoms with Crippen molar-refractivity contribution >= 4 is 16.6 Å². The Bertz CT molecular complexity index is 819. The van der Waals surface area contributed by atoms with Gasteiger partial charge in [0.25, 0.3) is 0 Å². The smallest absolute Gasteiger partial charge is 0.140 e. The second-order valence-electron chi connectivity index (χ2n) is 4.75. The Morgan fingerprint density at radius 3 is 2.70 bits per heavy atom. The molecule has 98 valence electrons. The number of anilines is 1. The summed E-state index contributed by atoms with van der Waals surface area (Å²) < 4.78 is 1.69. The maximum atomic E-state index is 9.07. The Hall–Kier alpha value is -2.80. The highest BCUT2D eigenvalue weighted by Gasteiger charge is 2.12. The van der Waals surface area contributed by atoms with Gasteiger partial charge in [0, 0.05) is 0 Å². The molecule has 0 radical (unpaired) electrons. The summed E-state index contributed by atoms with van der Waals surface area (Å²) in [5.74, 6) is 0.429. The number of benzene rings is 2. The third-order valence-corrected chi connectivity index (χ3v) is 3.48. The van der Waals surface area contributed by atoms with E-state index in [1.165, 1.54) is 10.8 Å². The first kappa shape index (κ1) is 12.2. The number of hydrogen-bond acceptors (Lipinski definition) is 3. The zero-order valence-electron chi connectivity index (χ0n) is 11.2. The van der Waals surface area contributed by atoms with E-state index in [0.717, 1.165) is 5.56 Å². The van der Waals surface area contributed by atoms with E-state index in [9.17, 15) is 0 Å². The van der Waals surface area contributed by atoms with Crippen LogP contribution in [0.3, 0.4) is 0 Å². The minimum Gasteiger partial charge on any atom is -0.383 e. The molecular weight excluding hydrogens is 248 g/mol. The van der Waals surface area contributed by atoms with Crippen LogP contribution in [0.1, 0.15) is 16.8 Å². The van der Waals surface area contributed by atoms with E-state index in [2.05, 4.69) is 35.4 Å². The molecular formula is C16H14N4. The molecule has 1 heterocycles. The standard InChI is InChI=1S/C16H14N4/c1-11-15(9-17)16(18)20(19-11)10-13-7-4-6-12-5-2-3-8-14(12)13/h2-8H,10,18H2,1H3. The summed E-state index contributed by atoms with van der Waals surface area (Å²) in [5, 5.41) is 15.8. The van der Waals surface area contributed by atoms with Crippen LogP contribution < -0.4 is 5.73 Å². The van der Waals surface area contributed by atoms with Crippen LogP contribution in [0.2, 0.25) is 0 Å². The fourth-order valence-corrected chi connectivity index (χ4v) is 2.45. The summed E-state index contributed by atoms with van der Waals surface area (Å²) in [6.07, 6.45) is 0. The molecule has 2 N–H and O–H groups in total. The molecule has 0 aliphatic heterocycles. The number of aromatic nitrogens is 2. The van der Waals surface area contributed by atoms with Crippen molar-refractivity contribution < 1.29 is 0 Å². The zero-order valence-corrected chi connectivity index (χ0v) is 11.2. The molecule has 1 aromatic heterocycles. The fraction of sp³-hybridized carbons (Fsp3) is 0.125. The van der Waals surface area contributed by atoms with Gasteiger partial charge in [-0.1, -0.05) is 42.5 Å². The van der Waals surface area contributed by atoms with Crippen molar-refractivity contribution in [2.75, 3.05) is 5.73 Å². The SMILES string of the molecule is Cc1nn(Cc2cccc3ccccc23)c(N)c1C#N. The summed E-state index contributed by atoms with van der Waals surface area (Å²) >= 11 is 0. The lowest BCUT2D eigenvalue weighted by Gasteiger charge is -2.08. The van der Waals surface area contributed by atoms with E-state index in [1.54, 1.807) is 11.6 Å². The maximum Gasteiger partial charge on any atom is 0.140 e. The first-order valence-corrected chi connectivity index (χ1v) is 6.40. The fourth-order valence-electron chi connectivity index (χ4n) is 2.45. The van der Waals surface area contributed by atoms with E-state index in [1.807, 2.05) is 18.2 Å². The van der Waals surface area contributed by atoms with Crippen LogP contribution in [0.4, 0.5) is 5.82 Å². The topological polar surface area (TPSA) is 67.6 Å². The van der Waals surface area contributed by atoms with Gasteiger partial charge in [-0.25, -0.2) is 4.68 Å². The second kappa shape index (κ2) is 4.71. The minimum absolute atomic E-state index is 0.429. The van der Waals surface area contributed by atoms with Gasteiger partial charge in [0.2, 0.25) is 0 Å². The zero-order chi connectivity index (χ0) is 14.1. The monoisotopic (exact) mass is 262 g/mol. The minimum atomic E-state index is 0.429. The average Bonchev–Trinajstić information content (AvgIpc) is 2.73. The Morgan fingerprint density at radius 2 is 1.95 bits per heavy atom. The lowest BCUT2D eigenvalue weighted by Crippen LogP contribution is -2.06. The number of nitrogen functional groups attached to an aromatic ring is 1. The van der Waals surface area contributed by atoms with Crippen molar-refractivity contribution in [3.8, 4) is 6.07 Å². The highest BCUT2D eigenvalue weighted by molar-refractivity contribution is 5.85. The number of rotatable bonds is 2. The summed E-state index contributed by atoms with van der Waals surface area (Å²) in [6, 6.07) is 16.5. The van der Waals surface area contributed by atoms with Gasteiger partial charge in [0.1, 0.15) is 17.5 Å². The second-order valence-corrected chi connectivity index (χ2v) is 4.75. The Kier molecular flexibility index (Phi) is 2.88. The first-order valence-electron chi connectivity index (χ1n) is 6.40. The largest absolute Gasteiger partial charge is 0.383 e. The van der Waals surface area contributed by atoms with Crippen LogP contribution in [0, 0.1) is 18.3 Å². The van der Waals surface area contributed by atoms with Gasteiger partial charge < -0.3 is 5.73 Å². The molecule has 0 fully saturated rings. The van der Waals surface area contributed by atoms with E-state index < -0.39 is 0 Å². The highest BCUT2D eigenvalue weighted by atomic mass is 15.3. The molecule has 0 saturated carbocycles. The summed E-state index contributed by atoms with van der Waals surface area (Å²) in [5.41, 5.74) is 8.26. The van der Waals surface area contributed by atoms with Crippen molar-refractivity contribution in [2.45, 2.75) is 13.5 Å². The van der Waals surface area contributed by atoms with Crippen LogP contribution in [0.15, 0.2) is 42.5 Å². The Labute approximate surface area is 117 Å². The normalized spacial score (nSPS) is 10.6. The number of nitriles is 1. The molecule has 0 atom stereocenters. The third-order valence-electron chi connectivity index (χ3n) is 3.48. The van der Waals surface area contributed by atoms with E-state index >= 15 is 0 Å². The molecule has 0 aliphatic carbocycles. The molecule has 0 spiro atoms. The molecule has 0 aliphatic rings. The third kappa shape index (κ3) is 1.90. The average molecular weight is 262 g/mol. The van der Waals surface area contributed by atoms with Crippen molar-refractivity contribution in [2.24, 2.45) is 0 Å². The van der Waals surface area contributed by atoms with Crippen molar-refractivity contribution in [1.29, 1.82) is 5.26 Å². The number of nitrogens with zero attached hydrogens (tertiary/aromatic N) is 3. The van der Waals surface area contributed by atoms with Crippen LogP contribution >= 0.6 is 0 Å². The van der Waals surface area contributed by atoms with E-state index in [4.69, 9.17) is 11.0 Å². The van der Waals surface area contributed by atoms with Gasteiger partial charge in [-0.3, -0.25) is 0 Å². The van der Waals surface area contributed by atoms with Crippen LogP contribution in [0.5, 0.6) is 0 Å². The van der Waals surface area contributed by atoms with Crippen LogP contribution in [-0.4, -0.2) is 9.78 Å².